The molecule has 0 saturated carbocycles. The van der Waals surface area contributed by atoms with Crippen molar-refractivity contribution in [3.05, 3.63) is 89.5 Å². The van der Waals surface area contributed by atoms with Crippen molar-refractivity contribution in [2.45, 2.75) is 31.4 Å². The van der Waals surface area contributed by atoms with Crippen molar-refractivity contribution in [2.75, 3.05) is 18.9 Å². The van der Waals surface area contributed by atoms with Crippen LogP contribution >= 0.6 is 0 Å². The number of hydrogen-bond acceptors (Lipinski definition) is 6. The number of nitrogens with zero attached hydrogens (tertiary/aromatic N) is 1. The highest BCUT2D eigenvalue weighted by atomic mass is 32.2. The van der Waals surface area contributed by atoms with Gasteiger partial charge in [-0.3, -0.25) is 9.52 Å². The lowest BCUT2D eigenvalue weighted by Crippen LogP contribution is -2.37. The van der Waals surface area contributed by atoms with Gasteiger partial charge in [0.15, 0.2) is 6.10 Å². The molecule has 0 fully saturated rings. The van der Waals surface area contributed by atoms with Gasteiger partial charge in [0, 0.05) is 19.3 Å². The Bertz CT molecular complexity index is 1290. The third-order valence-corrected chi connectivity index (χ3v) is 6.67. The van der Waals surface area contributed by atoms with E-state index in [1.54, 1.807) is 31.3 Å². The topological polar surface area (TPSA) is 102 Å². The summed E-state index contributed by atoms with van der Waals surface area (Å²) in [5.41, 5.74) is 2.26. The van der Waals surface area contributed by atoms with Gasteiger partial charge in [0.2, 0.25) is 0 Å². The smallest absolute Gasteiger partial charge is 0.338 e. The van der Waals surface area contributed by atoms with Crippen LogP contribution in [0, 0.1) is 6.92 Å². The standard InChI is InChI=1S/C26H28N2O6S/c1-18-10-13-22(14-11-18)27-35(31,32)24-16-21(12-15-23(24)33-4)26(30)34-19(2)25(29)28(3)17-20-8-6-5-7-9-20/h5-16,19,27H,17H2,1-4H3. The van der Waals surface area contributed by atoms with E-state index in [1.807, 2.05) is 37.3 Å². The van der Waals surface area contributed by atoms with Gasteiger partial charge in [-0.2, -0.15) is 0 Å². The van der Waals surface area contributed by atoms with Crippen molar-refractivity contribution in [1.29, 1.82) is 0 Å². The van der Waals surface area contributed by atoms with Crippen LogP contribution in [0.2, 0.25) is 0 Å². The lowest BCUT2D eigenvalue weighted by Gasteiger charge is -2.21. The molecule has 0 aromatic heterocycles. The van der Waals surface area contributed by atoms with Gasteiger partial charge in [-0.15, -0.1) is 0 Å². The summed E-state index contributed by atoms with van der Waals surface area (Å²) in [6.45, 7) is 3.72. The fourth-order valence-corrected chi connectivity index (χ4v) is 4.62. The number of hydrogen-bond donors (Lipinski definition) is 1. The van der Waals surface area contributed by atoms with Gasteiger partial charge in [-0.05, 0) is 49.7 Å². The third-order valence-electron chi connectivity index (χ3n) is 5.26. The molecule has 0 aliphatic rings. The number of anilines is 1. The lowest BCUT2D eigenvalue weighted by molar-refractivity contribution is -0.139. The average Bonchev–Trinajstić information content (AvgIpc) is 2.84. The number of benzene rings is 3. The minimum Gasteiger partial charge on any atom is -0.495 e. The molecule has 1 unspecified atom stereocenters. The van der Waals surface area contributed by atoms with Gasteiger partial charge in [-0.1, -0.05) is 48.0 Å². The zero-order chi connectivity index (χ0) is 25.6. The number of ether oxygens (including phenoxy) is 2. The van der Waals surface area contributed by atoms with Gasteiger partial charge in [0.25, 0.3) is 15.9 Å². The van der Waals surface area contributed by atoms with Crippen molar-refractivity contribution in [3.63, 3.8) is 0 Å². The largest absolute Gasteiger partial charge is 0.495 e. The van der Waals surface area contributed by atoms with Crippen LogP contribution in [0.3, 0.4) is 0 Å². The third kappa shape index (κ3) is 6.60. The SMILES string of the molecule is COc1ccc(C(=O)OC(C)C(=O)N(C)Cc2ccccc2)cc1S(=O)(=O)Nc1ccc(C)cc1. The molecule has 9 heteroatoms. The molecule has 35 heavy (non-hydrogen) atoms. The quantitative estimate of drug-likeness (QED) is 0.449. The van der Waals surface area contributed by atoms with E-state index in [0.717, 1.165) is 11.1 Å². The van der Waals surface area contributed by atoms with Crippen LogP contribution in [0.4, 0.5) is 5.69 Å². The first-order valence-corrected chi connectivity index (χ1v) is 12.4. The van der Waals surface area contributed by atoms with Crippen LogP contribution in [-0.4, -0.2) is 45.5 Å². The zero-order valence-electron chi connectivity index (χ0n) is 20.0. The first-order chi connectivity index (χ1) is 16.6. The first-order valence-electron chi connectivity index (χ1n) is 10.9. The second-order valence-corrected chi connectivity index (χ2v) is 9.72. The number of carbonyl (C=O) groups excluding carboxylic acids is 2. The van der Waals surface area contributed by atoms with E-state index in [9.17, 15) is 18.0 Å². The van der Waals surface area contributed by atoms with Crippen molar-refractivity contribution in [1.82, 2.24) is 4.90 Å². The fourth-order valence-electron chi connectivity index (χ4n) is 3.37. The number of amides is 1. The van der Waals surface area contributed by atoms with Crippen LogP contribution in [0.15, 0.2) is 77.7 Å². The molecule has 0 aliphatic heterocycles. The summed E-state index contributed by atoms with van der Waals surface area (Å²) in [4.78, 5) is 26.7. The Hall–Kier alpha value is -3.85. The van der Waals surface area contributed by atoms with Crippen molar-refractivity contribution in [3.8, 4) is 5.75 Å². The molecule has 0 aliphatic carbocycles. The Kier molecular flexibility index (Phi) is 8.14. The van der Waals surface area contributed by atoms with Crippen LogP contribution in [-0.2, 0) is 26.1 Å². The van der Waals surface area contributed by atoms with Crippen LogP contribution < -0.4 is 9.46 Å². The summed E-state index contributed by atoms with van der Waals surface area (Å²) < 4.78 is 39.1. The maximum Gasteiger partial charge on any atom is 0.338 e. The van der Waals surface area contributed by atoms with Crippen molar-refractivity contribution in [2.24, 2.45) is 0 Å². The highest BCUT2D eigenvalue weighted by molar-refractivity contribution is 7.92. The molecule has 1 atom stereocenters. The number of rotatable bonds is 9. The van der Waals surface area contributed by atoms with Crippen molar-refractivity contribution >= 4 is 27.6 Å². The maximum absolute atomic E-state index is 13.0. The van der Waals surface area contributed by atoms with E-state index in [-0.39, 0.29) is 22.1 Å². The van der Waals surface area contributed by atoms with Gasteiger partial charge >= 0.3 is 5.97 Å². The number of esters is 1. The maximum atomic E-state index is 13.0. The number of nitrogens with one attached hydrogen (secondary N) is 1. The van der Waals surface area contributed by atoms with E-state index < -0.39 is 22.1 Å². The molecule has 0 heterocycles. The summed E-state index contributed by atoms with van der Waals surface area (Å²) in [7, 11) is -1.12. The highest BCUT2D eigenvalue weighted by Gasteiger charge is 2.25. The van der Waals surface area contributed by atoms with Gasteiger partial charge in [-0.25, -0.2) is 13.2 Å². The number of aryl methyl sites for hydroxylation is 1. The normalized spacial score (nSPS) is 11.9. The Morgan fingerprint density at radius 1 is 1.00 bits per heavy atom. The van der Waals surface area contributed by atoms with Gasteiger partial charge in [0.1, 0.15) is 10.6 Å². The molecule has 184 valence electrons. The van der Waals surface area contributed by atoms with Crippen LogP contribution in [0.5, 0.6) is 5.75 Å². The molecule has 0 bridgehead atoms. The summed E-state index contributed by atoms with van der Waals surface area (Å²) in [6, 6.07) is 20.2. The molecule has 1 N–H and O–H groups in total. The first kappa shape index (κ1) is 25.8. The Labute approximate surface area is 205 Å². The van der Waals surface area contributed by atoms with Crippen LogP contribution in [0.25, 0.3) is 0 Å². The van der Waals surface area contributed by atoms with Gasteiger partial charge < -0.3 is 14.4 Å². The predicted molar refractivity (Wildman–Crippen MR) is 133 cm³/mol. The minimum absolute atomic E-state index is 0.0274. The molecule has 3 rings (SSSR count). The highest BCUT2D eigenvalue weighted by Crippen LogP contribution is 2.27. The zero-order valence-corrected chi connectivity index (χ0v) is 20.8. The van der Waals surface area contributed by atoms with Gasteiger partial charge in [0.05, 0.1) is 12.7 Å². The van der Waals surface area contributed by atoms with E-state index in [2.05, 4.69) is 4.72 Å². The molecule has 1 amide bonds. The van der Waals surface area contributed by atoms with E-state index in [1.165, 1.54) is 37.1 Å². The molecule has 3 aromatic rings. The summed E-state index contributed by atoms with van der Waals surface area (Å²) in [5, 5.41) is 0. The molecule has 0 radical (unpaired) electrons. The predicted octanol–water partition coefficient (Wildman–Crippen LogP) is 4.01. The number of methoxy groups -OCH3 is 1. The molecule has 8 nitrogen and oxygen atoms in total. The second-order valence-electron chi connectivity index (χ2n) is 8.06. The van der Waals surface area contributed by atoms with E-state index in [4.69, 9.17) is 9.47 Å². The van der Waals surface area contributed by atoms with E-state index >= 15 is 0 Å². The Morgan fingerprint density at radius 3 is 2.29 bits per heavy atom. The molecule has 3 aromatic carbocycles. The molecule has 0 saturated heterocycles. The minimum atomic E-state index is -4.08. The van der Waals surface area contributed by atoms with E-state index in [0.29, 0.717) is 12.2 Å². The monoisotopic (exact) mass is 496 g/mol. The summed E-state index contributed by atoms with van der Waals surface area (Å²) in [6.07, 6.45) is -1.07. The molecular formula is C26H28N2O6S. The molecule has 0 spiro atoms. The summed E-state index contributed by atoms with van der Waals surface area (Å²) in [5.74, 6) is -1.15. The average molecular weight is 497 g/mol. The van der Waals surface area contributed by atoms with Crippen LogP contribution in [0.1, 0.15) is 28.4 Å². The lowest BCUT2D eigenvalue weighted by atomic mass is 10.2. The van der Waals surface area contributed by atoms with Crippen molar-refractivity contribution < 1.29 is 27.5 Å². The Morgan fingerprint density at radius 2 is 1.66 bits per heavy atom. The number of sulfonamides is 1. The number of likely N-dealkylation sites (N-methyl/N-ethyl adjacent to an activating group) is 1. The molecular weight excluding hydrogens is 468 g/mol. The number of carbonyl (C=O) groups is 2. The Balaban J connectivity index is 1.75. The summed E-state index contributed by atoms with van der Waals surface area (Å²) >= 11 is 0. The fraction of sp³-hybridized carbons (Fsp3) is 0.231. The second kappa shape index (κ2) is 11.1.